The van der Waals surface area contributed by atoms with E-state index in [1.54, 1.807) is 6.07 Å². The molecule has 118 valence electrons. The van der Waals surface area contributed by atoms with Crippen LogP contribution in [0.1, 0.15) is 48.2 Å². The van der Waals surface area contributed by atoms with Gasteiger partial charge >= 0.3 is 5.97 Å². The van der Waals surface area contributed by atoms with Crippen LogP contribution in [-0.4, -0.2) is 28.8 Å². The highest BCUT2D eigenvalue weighted by Crippen LogP contribution is 2.27. The Hall–Kier alpha value is -2.38. The van der Waals surface area contributed by atoms with Crippen molar-refractivity contribution in [1.82, 2.24) is 4.98 Å². The summed E-state index contributed by atoms with van der Waals surface area (Å²) in [7, 11) is 1.34. The molecular weight excluding hydrogens is 290 g/mol. The highest BCUT2D eigenvalue weighted by Gasteiger charge is 2.26. The van der Waals surface area contributed by atoms with Gasteiger partial charge in [0, 0.05) is 5.39 Å². The third-order valence-corrected chi connectivity index (χ3v) is 4.22. The molecule has 0 unspecified atom stereocenters. The number of nitrogens with zero attached hydrogens (tertiary/aromatic N) is 1. The van der Waals surface area contributed by atoms with E-state index in [0.29, 0.717) is 24.1 Å². The minimum Gasteiger partial charge on any atom is -0.465 e. The van der Waals surface area contributed by atoms with E-state index in [1.165, 1.54) is 7.11 Å². The van der Waals surface area contributed by atoms with Gasteiger partial charge in [-0.3, -0.25) is 0 Å². The number of ether oxygens (including phenoxy) is 1. The standard InChI is InChI=1S/C19H19NO3/c1-23-18(21)15-13-14-7-3-4-8-16(14)20-17(15)9-12-19(22)10-5-2-6-11-19/h3-4,7-8,13,22H,2,5-6,10-11H2,1H3. The summed E-state index contributed by atoms with van der Waals surface area (Å²) in [5.41, 5.74) is 0.478. The van der Waals surface area contributed by atoms with E-state index in [2.05, 4.69) is 16.8 Å². The minimum atomic E-state index is -0.973. The average molecular weight is 309 g/mol. The van der Waals surface area contributed by atoms with Crippen molar-refractivity contribution in [3.63, 3.8) is 0 Å². The first-order valence-corrected chi connectivity index (χ1v) is 7.85. The van der Waals surface area contributed by atoms with Gasteiger partial charge in [0.15, 0.2) is 0 Å². The Bertz CT molecular complexity index is 795. The lowest BCUT2D eigenvalue weighted by Crippen LogP contribution is -2.29. The first-order chi connectivity index (χ1) is 11.1. The summed E-state index contributed by atoms with van der Waals surface area (Å²) in [6, 6.07) is 9.28. The first kappa shape index (κ1) is 15.5. The summed E-state index contributed by atoms with van der Waals surface area (Å²) >= 11 is 0. The van der Waals surface area contributed by atoms with Crippen LogP contribution < -0.4 is 0 Å². The van der Waals surface area contributed by atoms with Crippen molar-refractivity contribution in [2.45, 2.75) is 37.7 Å². The number of methoxy groups -OCH3 is 1. The lowest BCUT2D eigenvalue weighted by molar-refractivity contribution is 0.0593. The number of hydrogen-bond donors (Lipinski definition) is 1. The van der Waals surface area contributed by atoms with E-state index in [9.17, 15) is 9.90 Å². The molecule has 1 aromatic heterocycles. The van der Waals surface area contributed by atoms with Gasteiger partial charge in [0.05, 0.1) is 18.2 Å². The Morgan fingerprint density at radius 3 is 2.74 bits per heavy atom. The van der Waals surface area contributed by atoms with Gasteiger partial charge in [-0.25, -0.2) is 9.78 Å². The highest BCUT2D eigenvalue weighted by molar-refractivity contribution is 5.96. The van der Waals surface area contributed by atoms with Crippen LogP contribution in [0.3, 0.4) is 0 Å². The molecule has 23 heavy (non-hydrogen) atoms. The molecule has 0 spiro atoms. The van der Waals surface area contributed by atoms with E-state index in [4.69, 9.17) is 4.74 Å². The minimum absolute atomic E-state index is 0.332. The van der Waals surface area contributed by atoms with Gasteiger partial charge in [-0.05, 0) is 43.7 Å². The van der Waals surface area contributed by atoms with E-state index < -0.39 is 11.6 Å². The summed E-state index contributed by atoms with van der Waals surface area (Å²) < 4.78 is 4.83. The van der Waals surface area contributed by atoms with Gasteiger partial charge in [-0.2, -0.15) is 0 Å². The van der Waals surface area contributed by atoms with E-state index in [-0.39, 0.29) is 0 Å². The summed E-state index contributed by atoms with van der Waals surface area (Å²) in [6.07, 6.45) is 4.41. The lowest BCUT2D eigenvalue weighted by atomic mass is 9.85. The van der Waals surface area contributed by atoms with Gasteiger partial charge < -0.3 is 9.84 Å². The van der Waals surface area contributed by atoms with E-state index in [0.717, 1.165) is 30.2 Å². The molecule has 4 nitrogen and oxygen atoms in total. The van der Waals surface area contributed by atoms with Gasteiger partial charge in [-0.15, -0.1) is 0 Å². The van der Waals surface area contributed by atoms with Gasteiger partial charge in [0.25, 0.3) is 0 Å². The fourth-order valence-electron chi connectivity index (χ4n) is 2.91. The number of esters is 1. The molecule has 2 aromatic rings. The van der Waals surface area contributed by atoms with Crippen LogP contribution >= 0.6 is 0 Å². The largest absolute Gasteiger partial charge is 0.465 e. The third kappa shape index (κ3) is 3.35. The average Bonchev–Trinajstić information content (AvgIpc) is 2.59. The van der Waals surface area contributed by atoms with Crippen molar-refractivity contribution in [3.05, 3.63) is 41.6 Å². The fourth-order valence-corrected chi connectivity index (χ4v) is 2.91. The van der Waals surface area contributed by atoms with Gasteiger partial charge in [0.1, 0.15) is 11.3 Å². The number of aliphatic hydroxyl groups is 1. The molecule has 1 heterocycles. The molecule has 1 N–H and O–H groups in total. The second-order valence-electron chi connectivity index (χ2n) is 5.91. The molecule has 1 aliphatic rings. The molecule has 1 aliphatic carbocycles. The third-order valence-electron chi connectivity index (χ3n) is 4.22. The van der Waals surface area contributed by atoms with Gasteiger partial charge in [-0.1, -0.05) is 30.5 Å². The summed E-state index contributed by atoms with van der Waals surface area (Å²) in [4.78, 5) is 16.5. The molecule has 3 rings (SSSR count). The second-order valence-corrected chi connectivity index (χ2v) is 5.91. The van der Waals surface area contributed by atoms with Crippen LogP contribution in [0, 0.1) is 11.8 Å². The van der Waals surface area contributed by atoms with E-state index >= 15 is 0 Å². The number of benzene rings is 1. The van der Waals surface area contributed by atoms with E-state index in [1.807, 2.05) is 24.3 Å². The van der Waals surface area contributed by atoms with Crippen molar-refractivity contribution < 1.29 is 14.6 Å². The zero-order valence-corrected chi connectivity index (χ0v) is 13.1. The van der Waals surface area contributed by atoms with Crippen molar-refractivity contribution in [2.75, 3.05) is 7.11 Å². The maximum absolute atomic E-state index is 12.0. The molecule has 0 atom stereocenters. The van der Waals surface area contributed by atoms with Crippen molar-refractivity contribution in [3.8, 4) is 11.8 Å². The molecule has 1 fully saturated rings. The second kappa shape index (κ2) is 6.39. The maximum Gasteiger partial charge on any atom is 0.340 e. The number of rotatable bonds is 1. The Balaban J connectivity index is 2.06. The van der Waals surface area contributed by atoms with Crippen molar-refractivity contribution in [1.29, 1.82) is 0 Å². The molecule has 1 aromatic carbocycles. The first-order valence-electron chi connectivity index (χ1n) is 7.85. The quantitative estimate of drug-likeness (QED) is 0.649. The van der Waals surface area contributed by atoms with Crippen LogP contribution in [0.2, 0.25) is 0 Å². The van der Waals surface area contributed by atoms with Crippen molar-refractivity contribution >= 4 is 16.9 Å². The Morgan fingerprint density at radius 2 is 2.00 bits per heavy atom. The number of fused-ring (bicyclic) bond motifs is 1. The molecule has 0 radical (unpaired) electrons. The summed E-state index contributed by atoms with van der Waals surface area (Å²) in [5.74, 6) is 5.38. The molecule has 1 saturated carbocycles. The molecule has 0 saturated heterocycles. The zero-order valence-electron chi connectivity index (χ0n) is 13.1. The Labute approximate surface area is 135 Å². The highest BCUT2D eigenvalue weighted by atomic mass is 16.5. The molecular formula is C19H19NO3. The smallest absolute Gasteiger partial charge is 0.340 e. The van der Waals surface area contributed by atoms with Crippen LogP contribution in [-0.2, 0) is 4.74 Å². The summed E-state index contributed by atoms with van der Waals surface area (Å²) in [5, 5.41) is 11.4. The lowest BCUT2D eigenvalue weighted by Gasteiger charge is -2.26. The monoisotopic (exact) mass is 309 g/mol. The van der Waals surface area contributed by atoms with Crippen LogP contribution in [0.4, 0.5) is 0 Å². The zero-order chi connectivity index (χ0) is 16.3. The topological polar surface area (TPSA) is 59.4 Å². The number of aromatic nitrogens is 1. The maximum atomic E-state index is 12.0. The predicted molar refractivity (Wildman–Crippen MR) is 88.0 cm³/mol. The Kier molecular flexibility index (Phi) is 4.31. The fraction of sp³-hybridized carbons (Fsp3) is 0.368. The van der Waals surface area contributed by atoms with Crippen molar-refractivity contribution in [2.24, 2.45) is 0 Å². The SMILES string of the molecule is COC(=O)c1cc2ccccc2nc1C#CC1(O)CCCCC1. The van der Waals surface area contributed by atoms with Crippen LogP contribution in [0.15, 0.2) is 30.3 Å². The van der Waals surface area contributed by atoms with Gasteiger partial charge in [0.2, 0.25) is 0 Å². The van der Waals surface area contributed by atoms with Crippen LogP contribution in [0.5, 0.6) is 0 Å². The number of carbonyl (C=O) groups excluding carboxylic acids is 1. The normalized spacial score (nSPS) is 16.4. The molecule has 0 amide bonds. The molecule has 4 heteroatoms. The number of carbonyl (C=O) groups is 1. The summed E-state index contributed by atoms with van der Waals surface area (Å²) in [6.45, 7) is 0. The molecule has 0 bridgehead atoms. The number of pyridine rings is 1. The van der Waals surface area contributed by atoms with Crippen LogP contribution in [0.25, 0.3) is 10.9 Å². The number of para-hydroxylation sites is 1. The molecule has 0 aliphatic heterocycles. The number of hydrogen-bond acceptors (Lipinski definition) is 4. The predicted octanol–water partition coefficient (Wildman–Crippen LogP) is 3.07. The Morgan fingerprint density at radius 1 is 1.26 bits per heavy atom.